The molecule has 1 aromatic heterocycles. The lowest BCUT2D eigenvalue weighted by Gasteiger charge is -2.32. The Balaban J connectivity index is 1.06. The van der Waals surface area contributed by atoms with Gasteiger partial charge in [-0.25, -0.2) is 9.37 Å². The molecule has 2 aliphatic carbocycles. The number of amides is 1. The number of benzene rings is 3. The summed E-state index contributed by atoms with van der Waals surface area (Å²) in [5, 5.41) is 3.01. The third-order valence-electron chi connectivity index (χ3n) is 11.0. The van der Waals surface area contributed by atoms with Crippen LogP contribution in [0.4, 0.5) is 10.1 Å². The fourth-order valence-electron chi connectivity index (χ4n) is 7.66. The predicted octanol–water partition coefficient (Wildman–Crippen LogP) is 7.06. The Kier molecular flexibility index (Phi) is 10.3. The van der Waals surface area contributed by atoms with Crippen molar-refractivity contribution in [3.8, 4) is 22.6 Å². The highest BCUT2D eigenvalue weighted by Crippen LogP contribution is 2.44. The second-order valence-electron chi connectivity index (χ2n) is 14.1. The van der Waals surface area contributed by atoms with Crippen LogP contribution in [0.1, 0.15) is 83.0 Å². The molecule has 1 fully saturated rings. The van der Waals surface area contributed by atoms with Crippen molar-refractivity contribution in [2.24, 2.45) is 18.7 Å². The molecule has 0 bridgehead atoms. The Labute approximate surface area is 308 Å². The Morgan fingerprint density at radius 2 is 1.88 bits per heavy atom. The van der Waals surface area contributed by atoms with Crippen molar-refractivity contribution in [3.63, 3.8) is 0 Å². The van der Waals surface area contributed by atoms with Gasteiger partial charge in [-0.1, -0.05) is 48.4 Å². The van der Waals surface area contributed by atoms with Crippen LogP contribution in [0.25, 0.3) is 11.1 Å². The lowest BCUT2D eigenvalue weighted by atomic mass is 9.86. The van der Waals surface area contributed by atoms with E-state index in [9.17, 15) is 9.59 Å². The average Bonchev–Trinajstić information content (AvgIpc) is 3.69. The van der Waals surface area contributed by atoms with Crippen LogP contribution in [0.2, 0.25) is 5.02 Å². The zero-order valence-electron chi connectivity index (χ0n) is 30.1. The molecule has 274 valence electrons. The first kappa shape index (κ1) is 35.9. The van der Waals surface area contributed by atoms with Gasteiger partial charge in [-0.2, -0.15) is 0 Å². The minimum absolute atomic E-state index is 0.0490. The van der Waals surface area contributed by atoms with Gasteiger partial charge in [-0.15, -0.1) is 0 Å². The molecule has 1 saturated carbocycles. The quantitative estimate of drug-likeness (QED) is 0.158. The molecule has 52 heavy (non-hydrogen) atoms. The number of hydrogen-bond acceptors (Lipinski definition) is 8. The summed E-state index contributed by atoms with van der Waals surface area (Å²) in [5.41, 5.74) is 13.7. The minimum atomic E-state index is -0.638. The van der Waals surface area contributed by atoms with Gasteiger partial charge < -0.3 is 29.8 Å². The molecule has 0 saturated heterocycles. The highest BCUT2D eigenvalue weighted by molar-refractivity contribution is 6.32. The lowest BCUT2D eigenvalue weighted by molar-refractivity contribution is -0.153. The van der Waals surface area contributed by atoms with E-state index in [0.29, 0.717) is 36.8 Å². The summed E-state index contributed by atoms with van der Waals surface area (Å²) in [6, 6.07) is 13.6. The van der Waals surface area contributed by atoms with E-state index in [1.807, 2.05) is 42.8 Å². The number of rotatable bonds is 11. The molecular weight excluding hydrogens is 685 g/mol. The summed E-state index contributed by atoms with van der Waals surface area (Å²) < 4.78 is 34.2. The molecule has 10 nitrogen and oxygen atoms in total. The van der Waals surface area contributed by atoms with Crippen molar-refractivity contribution >= 4 is 29.2 Å². The number of carbonyl (C=O) groups excluding carboxylic acids is 2. The van der Waals surface area contributed by atoms with Gasteiger partial charge in [0.25, 0.3) is 5.91 Å². The fraction of sp³-hybridized carbons (Fsp3) is 0.425. The topological polar surface area (TPSA) is 121 Å². The van der Waals surface area contributed by atoms with Crippen LogP contribution in [0.5, 0.6) is 11.5 Å². The van der Waals surface area contributed by atoms with Crippen molar-refractivity contribution in [1.82, 2.24) is 14.5 Å². The van der Waals surface area contributed by atoms with E-state index >= 15 is 4.39 Å². The number of carbonyl (C=O) groups is 2. The average molecular weight is 730 g/mol. The number of hydrogen-bond donors (Lipinski definition) is 2. The van der Waals surface area contributed by atoms with Crippen molar-refractivity contribution in [3.05, 3.63) is 92.8 Å². The summed E-state index contributed by atoms with van der Waals surface area (Å²) in [5.74, 6) is -0.0868. The van der Waals surface area contributed by atoms with Gasteiger partial charge in [-0.05, 0) is 73.4 Å². The number of ether oxygens (including phenoxy) is 3. The largest absolute Gasteiger partial charge is 0.496 e. The molecule has 0 spiro atoms. The first-order valence-electron chi connectivity index (χ1n) is 18.0. The molecule has 7 rings (SSSR count). The molecule has 2 heterocycles. The number of nitrogens with two attached hydrogens (primary N) is 1. The van der Waals surface area contributed by atoms with E-state index in [1.54, 1.807) is 6.07 Å². The second-order valence-corrected chi connectivity index (χ2v) is 14.4. The first-order chi connectivity index (χ1) is 25.1. The number of imidazole rings is 1. The normalized spacial score (nSPS) is 17.6. The van der Waals surface area contributed by atoms with Crippen LogP contribution in [0.15, 0.2) is 42.5 Å². The second kappa shape index (κ2) is 14.9. The van der Waals surface area contributed by atoms with Gasteiger partial charge in [0.05, 0.1) is 18.7 Å². The number of aromatic nitrogens is 2. The molecule has 3 aliphatic rings. The third kappa shape index (κ3) is 6.66. The van der Waals surface area contributed by atoms with E-state index in [2.05, 4.69) is 29.3 Å². The highest BCUT2D eigenvalue weighted by Gasteiger charge is 2.32. The first-order valence-corrected chi connectivity index (χ1v) is 18.4. The summed E-state index contributed by atoms with van der Waals surface area (Å²) >= 11 is 6.39. The van der Waals surface area contributed by atoms with Gasteiger partial charge >= 0.3 is 5.97 Å². The highest BCUT2D eigenvalue weighted by atomic mass is 35.5. The van der Waals surface area contributed by atoms with Crippen LogP contribution in [-0.4, -0.2) is 52.6 Å². The summed E-state index contributed by atoms with van der Waals surface area (Å²) in [6.07, 6.45) is 4.80. The molecule has 4 aromatic rings. The molecule has 12 heteroatoms. The summed E-state index contributed by atoms with van der Waals surface area (Å²) in [4.78, 5) is 33.1. The monoisotopic (exact) mass is 729 g/mol. The zero-order valence-corrected chi connectivity index (χ0v) is 30.8. The fourth-order valence-corrected chi connectivity index (χ4v) is 7.87. The third-order valence-corrected chi connectivity index (χ3v) is 11.4. The SMILES string of the molecule is COc1cc(OC2CCc3c(-c4cccc(NC(=O)c5nc6c(n5C)CCN(C(C)COC(=O)C5CCC5)C6)c4C)cccc32)c(Cl)c(F)c1CN. The maximum Gasteiger partial charge on any atom is 0.308 e. The molecule has 2 unspecified atom stereocenters. The van der Waals surface area contributed by atoms with Crippen LogP contribution >= 0.6 is 11.6 Å². The minimum Gasteiger partial charge on any atom is -0.496 e. The molecule has 2 atom stereocenters. The van der Waals surface area contributed by atoms with E-state index in [-0.39, 0.29) is 52.8 Å². The van der Waals surface area contributed by atoms with Crippen molar-refractivity contribution in [2.45, 2.75) is 77.6 Å². The Hall–Kier alpha value is -4.45. The number of nitrogens with one attached hydrogen (secondary N) is 1. The van der Waals surface area contributed by atoms with Gasteiger partial charge in [-0.3, -0.25) is 14.5 Å². The number of esters is 1. The number of nitrogens with zero attached hydrogens (tertiary/aromatic N) is 3. The van der Waals surface area contributed by atoms with Crippen molar-refractivity contribution < 1.29 is 28.2 Å². The van der Waals surface area contributed by atoms with E-state index in [4.69, 9.17) is 36.5 Å². The standard InChI is InChI=1S/C40H45ClFN5O5/c1-22(21-51-40(49)24-8-5-9-24)47-17-16-32-31(20-47)44-38(46(32)3)39(48)45-30-13-7-10-25(23(30)2)26-11-6-12-28-27(26)14-15-33(28)52-35-18-34(50-4)29(19-43)37(42)36(35)41/h6-7,10-13,18,22,24,33H,5,8-9,14-17,19-21,43H2,1-4H3,(H,45,48). The number of anilines is 1. The summed E-state index contributed by atoms with van der Waals surface area (Å²) in [7, 11) is 3.35. The summed E-state index contributed by atoms with van der Waals surface area (Å²) in [6.45, 7) is 5.75. The van der Waals surface area contributed by atoms with E-state index in [0.717, 1.165) is 77.9 Å². The zero-order chi connectivity index (χ0) is 36.7. The van der Waals surface area contributed by atoms with Crippen molar-refractivity contribution in [2.75, 3.05) is 25.6 Å². The van der Waals surface area contributed by atoms with Gasteiger partial charge in [0.2, 0.25) is 0 Å². The van der Waals surface area contributed by atoms with Gasteiger partial charge in [0.15, 0.2) is 11.6 Å². The maximum atomic E-state index is 15.0. The number of methoxy groups -OCH3 is 1. The molecule has 1 amide bonds. The molecule has 3 aromatic carbocycles. The van der Waals surface area contributed by atoms with E-state index in [1.165, 1.54) is 7.11 Å². The predicted molar refractivity (Wildman–Crippen MR) is 197 cm³/mol. The molecule has 1 aliphatic heterocycles. The van der Waals surface area contributed by atoms with Crippen LogP contribution in [0.3, 0.4) is 0 Å². The Morgan fingerprint density at radius 3 is 2.62 bits per heavy atom. The number of fused-ring (bicyclic) bond motifs is 2. The lowest BCUT2D eigenvalue weighted by Crippen LogP contribution is -2.41. The van der Waals surface area contributed by atoms with E-state index < -0.39 is 5.82 Å². The smallest absolute Gasteiger partial charge is 0.308 e. The van der Waals surface area contributed by atoms with Gasteiger partial charge in [0.1, 0.15) is 29.2 Å². The molecule has 0 radical (unpaired) electrons. The Bertz CT molecular complexity index is 2030. The van der Waals surface area contributed by atoms with Crippen LogP contribution < -0.4 is 20.5 Å². The van der Waals surface area contributed by atoms with Crippen LogP contribution in [-0.2, 0) is 42.5 Å². The van der Waals surface area contributed by atoms with Gasteiger partial charge in [0, 0.05) is 62.2 Å². The maximum absolute atomic E-state index is 15.0. The number of halogens is 2. The van der Waals surface area contributed by atoms with Crippen LogP contribution in [0, 0.1) is 18.7 Å². The molecule has 3 N–H and O–H groups in total. The molecular formula is C40H45ClFN5O5. The van der Waals surface area contributed by atoms with Crippen molar-refractivity contribution in [1.29, 1.82) is 0 Å². The Morgan fingerprint density at radius 1 is 1.12 bits per heavy atom.